The molecule has 1 heterocycles. The van der Waals surface area contributed by atoms with E-state index in [1.54, 1.807) is 23.6 Å². The molecular formula is C13H16N2OS. The first kappa shape index (κ1) is 12.2. The zero-order valence-corrected chi connectivity index (χ0v) is 10.7. The lowest BCUT2D eigenvalue weighted by atomic mass is 10.3. The average molecular weight is 248 g/mol. The minimum absolute atomic E-state index is 0.0179. The minimum atomic E-state index is 0.0179. The summed E-state index contributed by atoms with van der Waals surface area (Å²) in [6.45, 7) is 2.40. The fraction of sp³-hybridized carbons (Fsp3) is 0.385. The van der Waals surface area contributed by atoms with Crippen molar-refractivity contribution in [3.05, 3.63) is 30.3 Å². The summed E-state index contributed by atoms with van der Waals surface area (Å²) in [5.41, 5.74) is 0.896. The Kier molecular flexibility index (Phi) is 4.20. The van der Waals surface area contributed by atoms with E-state index in [2.05, 4.69) is 4.99 Å². The van der Waals surface area contributed by atoms with Crippen molar-refractivity contribution in [2.45, 2.75) is 19.8 Å². The van der Waals surface area contributed by atoms with Crippen LogP contribution in [0, 0.1) is 0 Å². The molecule has 0 N–H and O–H groups in total. The van der Waals surface area contributed by atoms with Gasteiger partial charge in [-0.15, -0.1) is 0 Å². The van der Waals surface area contributed by atoms with E-state index in [0.717, 1.165) is 36.0 Å². The van der Waals surface area contributed by atoms with Crippen LogP contribution in [0.2, 0.25) is 0 Å². The highest BCUT2D eigenvalue weighted by molar-refractivity contribution is 8.14. The topological polar surface area (TPSA) is 32.7 Å². The van der Waals surface area contributed by atoms with Crippen molar-refractivity contribution in [1.82, 2.24) is 0 Å². The first-order valence-electron chi connectivity index (χ1n) is 5.82. The molecule has 1 aromatic rings. The molecule has 1 aliphatic rings. The predicted octanol–water partition coefficient (Wildman–Crippen LogP) is 2.92. The summed E-state index contributed by atoms with van der Waals surface area (Å²) in [4.78, 5) is 18.0. The Morgan fingerprint density at radius 1 is 1.29 bits per heavy atom. The van der Waals surface area contributed by atoms with Crippen molar-refractivity contribution >= 4 is 28.5 Å². The maximum atomic E-state index is 11.8. The number of para-hydroxylation sites is 1. The van der Waals surface area contributed by atoms with Gasteiger partial charge in [0.2, 0.25) is 5.91 Å². The van der Waals surface area contributed by atoms with E-state index in [1.165, 1.54) is 0 Å². The van der Waals surface area contributed by atoms with Gasteiger partial charge in [-0.05, 0) is 25.0 Å². The Hall–Kier alpha value is -1.29. The molecule has 0 aliphatic carbocycles. The Morgan fingerprint density at radius 2 is 2.06 bits per heavy atom. The van der Waals surface area contributed by atoms with Gasteiger partial charge in [-0.1, -0.05) is 30.0 Å². The van der Waals surface area contributed by atoms with Crippen molar-refractivity contribution in [3.63, 3.8) is 0 Å². The lowest BCUT2D eigenvalue weighted by Crippen LogP contribution is -2.33. The lowest BCUT2D eigenvalue weighted by Gasteiger charge is -2.21. The minimum Gasteiger partial charge on any atom is -0.274 e. The second-order valence-electron chi connectivity index (χ2n) is 3.91. The summed E-state index contributed by atoms with van der Waals surface area (Å²) >= 11 is 1.67. The molecule has 3 nitrogen and oxygen atoms in total. The smallest absolute Gasteiger partial charge is 0.230 e. The van der Waals surface area contributed by atoms with Crippen molar-refractivity contribution in [3.8, 4) is 0 Å². The van der Waals surface area contributed by atoms with Crippen molar-refractivity contribution in [2.24, 2.45) is 4.99 Å². The van der Waals surface area contributed by atoms with Gasteiger partial charge in [-0.25, -0.2) is 0 Å². The summed E-state index contributed by atoms with van der Waals surface area (Å²) in [6, 6.07) is 9.70. The van der Waals surface area contributed by atoms with Gasteiger partial charge in [0.25, 0.3) is 0 Å². The monoisotopic (exact) mass is 248 g/mol. The lowest BCUT2D eigenvalue weighted by molar-refractivity contribution is -0.115. The third kappa shape index (κ3) is 3.09. The van der Waals surface area contributed by atoms with Crippen LogP contribution in [0.3, 0.4) is 0 Å². The summed E-state index contributed by atoms with van der Waals surface area (Å²) < 4.78 is 0. The molecule has 0 saturated heterocycles. The molecule has 1 amide bonds. The predicted molar refractivity (Wildman–Crippen MR) is 73.6 cm³/mol. The SMILES string of the molecule is CC(=O)N(C1=NCCCCS1)c1ccccc1. The summed E-state index contributed by atoms with van der Waals surface area (Å²) in [6.07, 6.45) is 2.27. The van der Waals surface area contributed by atoms with Crippen LogP contribution in [-0.2, 0) is 4.79 Å². The number of carbonyl (C=O) groups excluding carboxylic acids is 1. The summed E-state index contributed by atoms with van der Waals surface area (Å²) in [5, 5.41) is 0.834. The zero-order chi connectivity index (χ0) is 12.1. The van der Waals surface area contributed by atoms with Crippen LogP contribution in [0.5, 0.6) is 0 Å². The number of hydrogen-bond acceptors (Lipinski definition) is 3. The standard InChI is InChI=1S/C13H16N2OS/c1-11(16)15(12-7-3-2-4-8-12)13-14-9-5-6-10-17-13/h2-4,7-8H,5-6,9-10H2,1H3. The van der Waals surface area contributed by atoms with E-state index in [9.17, 15) is 4.79 Å². The van der Waals surface area contributed by atoms with E-state index in [1.807, 2.05) is 30.3 Å². The molecule has 0 atom stereocenters. The van der Waals surface area contributed by atoms with Gasteiger partial charge < -0.3 is 0 Å². The number of rotatable bonds is 1. The van der Waals surface area contributed by atoms with E-state index >= 15 is 0 Å². The quantitative estimate of drug-likeness (QED) is 0.765. The van der Waals surface area contributed by atoms with E-state index in [4.69, 9.17) is 0 Å². The number of amides is 1. The highest BCUT2D eigenvalue weighted by Crippen LogP contribution is 2.22. The van der Waals surface area contributed by atoms with Gasteiger partial charge in [0.1, 0.15) is 0 Å². The van der Waals surface area contributed by atoms with Crippen molar-refractivity contribution in [1.29, 1.82) is 0 Å². The normalized spacial score (nSPS) is 15.9. The molecule has 0 fully saturated rings. The number of hydrogen-bond donors (Lipinski definition) is 0. The molecule has 17 heavy (non-hydrogen) atoms. The molecule has 4 heteroatoms. The van der Waals surface area contributed by atoms with E-state index in [-0.39, 0.29) is 5.91 Å². The molecule has 2 rings (SSSR count). The Labute approximate surface area is 106 Å². The number of nitrogens with zero attached hydrogens (tertiary/aromatic N) is 2. The molecule has 0 aromatic heterocycles. The van der Waals surface area contributed by atoms with Gasteiger partial charge in [-0.2, -0.15) is 0 Å². The number of aliphatic imine (C=N–C) groups is 1. The van der Waals surface area contributed by atoms with Crippen LogP contribution in [0.4, 0.5) is 5.69 Å². The summed E-state index contributed by atoms with van der Waals surface area (Å²) in [7, 11) is 0. The fourth-order valence-electron chi connectivity index (χ4n) is 1.74. The van der Waals surface area contributed by atoms with Crippen LogP contribution < -0.4 is 4.90 Å². The maximum absolute atomic E-state index is 11.8. The fourth-order valence-corrected chi connectivity index (χ4v) is 2.81. The first-order chi connectivity index (χ1) is 8.29. The van der Waals surface area contributed by atoms with Gasteiger partial charge >= 0.3 is 0 Å². The van der Waals surface area contributed by atoms with Crippen LogP contribution >= 0.6 is 11.8 Å². The molecule has 0 bridgehead atoms. The Bertz CT molecular complexity index is 417. The van der Waals surface area contributed by atoms with Crippen LogP contribution in [0.25, 0.3) is 0 Å². The van der Waals surface area contributed by atoms with Gasteiger partial charge in [-0.3, -0.25) is 14.7 Å². The molecule has 1 aromatic carbocycles. The Morgan fingerprint density at radius 3 is 2.76 bits per heavy atom. The number of anilines is 1. The van der Waals surface area contributed by atoms with E-state index in [0.29, 0.717) is 0 Å². The molecule has 0 unspecified atom stereocenters. The first-order valence-corrected chi connectivity index (χ1v) is 6.80. The van der Waals surface area contributed by atoms with Crippen molar-refractivity contribution in [2.75, 3.05) is 17.2 Å². The van der Waals surface area contributed by atoms with Crippen LogP contribution in [0.1, 0.15) is 19.8 Å². The highest BCUT2D eigenvalue weighted by Gasteiger charge is 2.19. The third-order valence-electron chi connectivity index (χ3n) is 2.55. The van der Waals surface area contributed by atoms with Gasteiger partial charge in [0, 0.05) is 19.2 Å². The Balaban J connectivity index is 2.29. The molecule has 0 saturated carbocycles. The number of thioether (sulfide) groups is 1. The van der Waals surface area contributed by atoms with Gasteiger partial charge in [0.15, 0.2) is 5.17 Å². The van der Waals surface area contributed by atoms with Crippen LogP contribution in [-0.4, -0.2) is 23.4 Å². The molecule has 90 valence electrons. The second-order valence-corrected chi connectivity index (χ2v) is 4.97. The number of carbonyl (C=O) groups is 1. The van der Waals surface area contributed by atoms with Crippen LogP contribution in [0.15, 0.2) is 35.3 Å². The highest BCUT2D eigenvalue weighted by atomic mass is 32.2. The molecular weight excluding hydrogens is 232 g/mol. The summed E-state index contributed by atoms with van der Waals surface area (Å²) in [5.74, 6) is 1.06. The zero-order valence-electron chi connectivity index (χ0n) is 9.93. The van der Waals surface area contributed by atoms with Crippen molar-refractivity contribution < 1.29 is 4.79 Å². The number of benzene rings is 1. The van der Waals surface area contributed by atoms with Gasteiger partial charge in [0.05, 0.1) is 5.69 Å². The molecule has 0 radical (unpaired) electrons. The maximum Gasteiger partial charge on any atom is 0.230 e. The molecule has 1 aliphatic heterocycles. The average Bonchev–Trinajstić information content (AvgIpc) is 2.59. The molecule has 0 spiro atoms. The third-order valence-corrected chi connectivity index (χ3v) is 3.61. The largest absolute Gasteiger partial charge is 0.274 e. The number of amidine groups is 1. The second kappa shape index (κ2) is 5.87. The van der Waals surface area contributed by atoms with E-state index < -0.39 is 0 Å².